The van der Waals surface area contributed by atoms with Gasteiger partial charge in [-0.3, -0.25) is 0 Å². The third-order valence-electron chi connectivity index (χ3n) is 5.31. The zero-order valence-corrected chi connectivity index (χ0v) is 14.6. The molecular weight excluding hydrogens is 307 g/mol. The van der Waals surface area contributed by atoms with E-state index in [0.29, 0.717) is 12.3 Å². The summed E-state index contributed by atoms with van der Waals surface area (Å²) in [5, 5.41) is 5.12. The first-order chi connectivity index (χ1) is 11.2. The van der Waals surface area contributed by atoms with E-state index < -0.39 is 7.28 Å². The summed E-state index contributed by atoms with van der Waals surface area (Å²) in [6, 6.07) is 17.2. The zero-order chi connectivity index (χ0) is 16.1. The van der Waals surface area contributed by atoms with Crippen LogP contribution >= 0.6 is 7.28 Å². The van der Waals surface area contributed by atoms with Crippen LogP contribution in [-0.2, 0) is 25.9 Å². The molecule has 3 aromatic rings. The number of hydrogen-bond donors (Lipinski definition) is 0. The standard InChI is InChI=1S/C19H21O3P/c1-20-23(21-2,22-3)12-18-16-10-6-4-8-14(16)15-9-5-7-11-17(15)19(18)13-23/h4-11H,12-13H2,1-3H3. The van der Waals surface area contributed by atoms with Crippen molar-refractivity contribution in [3.8, 4) is 0 Å². The summed E-state index contributed by atoms with van der Waals surface area (Å²) < 4.78 is 17.9. The summed E-state index contributed by atoms with van der Waals surface area (Å²) >= 11 is 0. The molecule has 1 aliphatic rings. The minimum atomic E-state index is -3.13. The quantitative estimate of drug-likeness (QED) is 0.486. The van der Waals surface area contributed by atoms with E-state index >= 15 is 0 Å². The molecule has 1 aliphatic heterocycles. The first-order valence-electron chi connectivity index (χ1n) is 7.77. The van der Waals surface area contributed by atoms with E-state index in [1.54, 1.807) is 21.3 Å². The van der Waals surface area contributed by atoms with Gasteiger partial charge in [0.25, 0.3) is 0 Å². The summed E-state index contributed by atoms with van der Waals surface area (Å²) in [7, 11) is 2.00. The summed E-state index contributed by atoms with van der Waals surface area (Å²) in [5.41, 5.74) is 2.62. The maximum atomic E-state index is 5.95. The van der Waals surface area contributed by atoms with Crippen LogP contribution in [0.2, 0.25) is 0 Å². The molecule has 4 heteroatoms. The van der Waals surface area contributed by atoms with Gasteiger partial charge < -0.3 is 0 Å². The molecule has 3 aromatic carbocycles. The Kier molecular flexibility index (Phi) is 3.26. The number of fused-ring (bicyclic) bond motifs is 6. The molecule has 0 unspecified atom stereocenters. The van der Waals surface area contributed by atoms with E-state index in [1.807, 2.05) is 0 Å². The van der Waals surface area contributed by atoms with E-state index in [-0.39, 0.29) is 0 Å². The normalized spacial score (nSPS) is 20.2. The molecule has 120 valence electrons. The molecule has 0 saturated heterocycles. The average Bonchev–Trinajstić information content (AvgIpc) is 3.00. The van der Waals surface area contributed by atoms with Gasteiger partial charge in [0, 0.05) is 0 Å². The molecule has 0 amide bonds. The van der Waals surface area contributed by atoms with Crippen molar-refractivity contribution < 1.29 is 13.6 Å². The monoisotopic (exact) mass is 328 g/mol. The maximum absolute atomic E-state index is 5.95. The van der Waals surface area contributed by atoms with Gasteiger partial charge in [0.1, 0.15) is 0 Å². The van der Waals surface area contributed by atoms with Gasteiger partial charge in [0.05, 0.1) is 0 Å². The van der Waals surface area contributed by atoms with Crippen LogP contribution in [0.1, 0.15) is 11.1 Å². The molecule has 4 rings (SSSR count). The average molecular weight is 328 g/mol. The molecule has 0 N–H and O–H groups in total. The molecule has 0 aliphatic carbocycles. The van der Waals surface area contributed by atoms with Crippen LogP contribution in [0.5, 0.6) is 0 Å². The van der Waals surface area contributed by atoms with E-state index in [1.165, 1.54) is 32.7 Å². The molecule has 1 heterocycles. The Balaban J connectivity index is 2.13. The van der Waals surface area contributed by atoms with Crippen LogP contribution in [0.25, 0.3) is 21.5 Å². The Bertz CT molecular complexity index is 835. The van der Waals surface area contributed by atoms with Gasteiger partial charge in [-0.2, -0.15) is 0 Å². The van der Waals surface area contributed by atoms with E-state index in [0.717, 1.165) is 0 Å². The Morgan fingerprint density at radius 1 is 0.609 bits per heavy atom. The van der Waals surface area contributed by atoms with Crippen LogP contribution in [0.3, 0.4) is 0 Å². The fourth-order valence-electron chi connectivity index (χ4n) is 3.93. The van der Waals surface area contributed by atoms with Crippen molar-refractivity contribution in [3.05, 3.63) is 59.7 Å². The molecule has 0 radical (unpaired) electrons. The van der Waals surface area contributed by atoms with Crippen LogP contribution in [0.15, 0.2) is 48.5 Å². The molecular formula is C19H21O3P. The number of benzene rings is 3. The van der Waals surface area contributed by atoms with Crippen molar-refractivity contribution in [2.45, 2.75) is 12.3 Å². The molecule has 0 aromatic heterocycles. The second-order valence-electron chi connectivity index (χ2n) is 6.13. The molecule has 0 saturated carbocycles. The fourth-order valence-corrected chi connectivity index (χ4v) is 7.20. The van der Waals surface area contributed by atoms with Crippen LogP contribution in [0.4, 0.5) is 0 Å². The summed E-state index contributed by atoms with van der Waals surface area (Å²) in [4.78, 5) is 0. The van der Waals surface area contributed by atoms with Crippen molar-refractivity contribution in [1.82, 2.24) is 0 Å². The number of rotatable bonds is 3. The first-order valence-corrected chi connectivity index (χ1v) is 10.1. The van der Waals surface area contributed by atoms with Gasteiger partial charge in [0.15, 0.2) is 0 Å². The predicted octanol–water partition coefficient (Wildman–Crippen LogP) is 5.24. The predicted molar refractivity (Wildman–Crippen MR) is 96.8 cm³/mol. The third kappa shape index (κ3) is 1.91. The topological polar surface area (TPSA) is 27.7 Å². The van der Waals surface area contributed by atoms with E-state index in [2.05, 4.69) is 48.5 Å². The van der Waals surface area contributed by atoms with Crippen molar-refractivity contribution in [3.63, 3.8) is 0 Å². The molecule has 0 spiro atoms. The van der Waals surface area contributed by atoms with Gasteiger partial charge in [-0.25, -0.2) is 0 Å². The minimum absolute atomic E-state index is 0.704. The zero-order valence-electron chi connectivity index (χ0n) is 13.7. The van der Waals surface area contributed by atoms with E-state index in [4.69, 9.17) is 13.6 Å². The van der Waals surface area contributed by atoms with Gasteiger partial charge in [-0.15, -0.1) is 0 Å². The van der Waals surface area contributed by atoms with Crippen molar-refractivity contribution >= 4 is 28.8 Å². The van der Waals surface area contributed by atoms with Crippen molar-refractivity contribution in [2.24, 2.45) is 0 Å². The third-order valence-corrected chi connectivity index (χ3v) is 9.61. The van der Waals surface area contributed by atoms with Crippen molar-refractivity contribution in [2.75, 3.05) is 21.3 Å². The summed E-state index contributed by atoms with van der Waals surface area (Å²) in [6.45, 7) is 0. The first kappa shape index (κ1) is 15.0. The SMILES string of the molecule is COP1(OC)(OC)Cc2c(c3ccccc3c3ccccc23)C1. The van der Waals surface area contributed by atoms with Gasteiger partial charge in [-0.05, 0) is 0 Å². The van der Waals surface area contributed by atoms with Crippen molar-refractivity contribution in [1.29, 1.82) is 0 Å². The molecule has 0 fully saturated rings. The Labute approximate surface area is 136 Å². The van der Waals surface area contributed by atoms with Gasteiger partial charge in [-0.1, -0.05) is 0 Å². The fraction of sp³-hybridized carbons (Fsp3) is 0.263. The van der Waals surface area contributed by atoms with Crippen LogP contribution < -0.4 is 0 Å². The summed E-state index contributed by atoms with van der Waals surface area (Å²) in [6.07, 6.45) is 1.41. The second kappa shape index (κ2) is 4.99. The summed E-state index contributed by atoms with van der Waals surface area (Å²) in [5.74, 6) is 0. The van der Waals surface area contributed by atoms with E-state index in [9.17, 15) is 0 Å². The Morgan fingerprint density at radius 2 is 0.957 bits per heavy atom. The van der Waals surface area contributed by atoms with Crippen LogP contribution in [-0.4, -0.2) is 21.3 Å². The molecule has 0 atom stereocenters. The molecule has 23 heavy (non-hydrogen) atoms. The number of hydrogen-bond acceptors (Lipinski definition) is 3. The van der Waals surface area contributed by atoms with Gasteiger partial charge >= 0.3 is 136 Å². The van der Waals surface area contributed by atoms with Crippen LogP contribution in [0, 0.1) is 0 Å². The Hall–Kier alpha value is -1.51. The second-order valence-corrected chi connectivity index (χ2v) is 10.3. The molecule has 3 nitrogen and oxygen atoms in total. The molecule has 0 bridgehead atoms. The van der Waals surface area contributed by atoms with Gasteiger partial charge in [0.2, 0.25) is 0 Å². The Morgan fingerprint density at radius 3 is 1.30 bits per heavy atom.